The summed E-state index contributed by atoms with van der Waals surface area (Å²) in [6.45, 7) is 20.2. The van der Waals surface area contributed by atoms with Crippen molar-refractivity contribution in [3.63, 3.8) is 0 Å². The van der Waals surface area contributed by atoms with Crippen molar-refractivity contribution in [3.8, 4) is 0 Å². The van der Waals surface area contributed by atoms with Gasteiger partial charge in [-0.15, -0.1) is 0 Å². The van der Waals surface area contributed by atoms with Gasteiger partial charge in [0.05, 0.1) is 6.61 Å². The Morgan fingerprint density at radius 2 is 1.57 bits per heavy atom. The number of H-pyrrole nitrogens is 1. The molecule has 1 aromatic heterocycles. The Morgan fingerprint density at radius 3 is 2.03 bits per heavy atom. The fraction of sp³-hybridized carbons (Fsp3) is 0.810. The molecular weight excluding hydrogens is 512 g/mol. The third-order valence-electron chi connectivity index (χ3n) is 7.30. The van der Waals surface area contributed by atoms with Gasteiger partial charge in [0, 0.05) is 12.3 Å². The molecule has 0 amide bonds. The summed E-state index contributed by atoms with van der Waals surface area (Å²) in [6, 6.07) is 1.16. The number of hydrogen-bond acceptors (Lipinski definition) is 8. The molecule has 1 aliphatic heterocycles. The Hall–Kier alpha value is -1.14. The summed E-state index contributed by atoms with van der Waals surface area (Å²) < 4.78 is 58.4. The van der Waals surface area contributed by atoms with E-state index in [1.165, 1.54) is 6.20 Å². The van der Waals surface area contributed by atoms with Crippen LogP contribution in [0.1, 0.15) is 47.8 Å². The lowest BCUT2D eigenvalue weighted by molar-refractivity contribution is -0.0507. The molecule has 1 aromatic rings. The molecule has 0 aliphatic carbocycles. The predicted octanol–water partition coefficient (Wildman–Crippen LogP) is 3.03. The fourth-order valence-electron chi connectivity index (χ4n) is 3.10. The normalized spacial score (nSPS) is 24.7. The molecule has 4 atom stereocenters. The van der Waals surface area contributed by atoms with E-state index in [1.807, 2.05) is 47.0 Å². The Bertz CT molecular complexity index is 1120. The van der Waals surface area contributed by atoms with E-state index in [2.05, 4.69) is 25.8 Å². The lowest BCUT2D eigenvalue weighted by Gasteiger charge is -2.40. The highest BCUT2D eigenvalue weighted by Crippen LogP contribution is 2.43. The highest BCUT2D eigenvalue weighted by Gasteiger charge is 2.54. The average Bonchev–Trinajstić information content (AvgIpc) is 2.93. The van der Waals surface area contributed by atoms with Crippen LogP contribution in [0.5, 0.6) is 0 Å². The number of nitrogens with zero attached hydrogens (tertiary/aromatic N) is 1. The number of ether oxygens (including phenoxy) is 1. The zero-order chi connectivity index (χ0) is 27.2. The van der Waals surface area contributed by atoms with Gasteiger partial charge < -0.3 is 13.6 Å². The van der Waals surface area contributed by atoms with E-state index < -0.39 is 62.8 Å². The summed E-state index contributed by atoms with van der Waals surface area (Å²) in [4.78, 5) is 26.4. The zero-order valence-electron chi connectivity index (χ0n) is 22.2. The van der Waals surface area contributed by atoms with Crippen molar-refractivity contribution in [2.45, 2.75) is 102 Å². The van der Waals surface area contributed by atoms with Crippen LogP contribution in [-0.2, 0) is 28.2 Å². The molecule has 14 heteroatoms. The maximum absolute atomic E-state index is 12.6. The van der Waals surface area contributed by atoms with Crippen LogP contribution in [-0.4, -0.2) is 64.1 Å². The topological polar surface area (TPSA) is 146 Å². The quantitative estimate of drug-likeness (QED) is 0.367. The maximum atomic E-state index is 12.6. The molecule has 11 nitrogen and oxygen atoms in total. The van der Waals surface area contributed by atoms with Crippen LogP contribution < -0.4 is 11.2 Å². The molecule has 2 heterocycles. The molecule has 0 radical (unpaired) electrons. The molecule has 202 valence electrons. The first-order valence-electron chi connectivity index (χ1n) is 11.5. The summed E-state index contributed by atoms with van der Waals surface area (Å²) >= 11 is 0. The fourth-order valence-corrected chi connectivity index (χ4v) is 5.91. The van der Waals surface area contributed by atoms with Crippen LogP contribution >= 0.6 is 0 Å². The smallest absolute Gasteiger partial charge is 0.397 e. The molecule has 2 unspecified atom stereocenters. The minimum Gasteiger partial charge on any atom is -0.414 e. The van der Waals surface area contributed by atoms with Gasteiger partial charge in [-0.3, -0.25) is 18.9 Å². The van der Waals surface area contributed by atoms with Gasteiger partial charge in [-0.2, -0.15) is 8.42 Å². The first kappa shape index (κ1) is 30.1. The molecule has 1 saturated heterocycles. The summed E-state index contributed by atoms with van der Waals surface area (Å²) in [6.07, 6.45) is -3.24. The minimum absolute atomic E-state index is 0.0390. The maximum Gasteiger partial charge on any atom is 0.397 e. The average molecular weight is 553 g/mol. The van der Waals surface area contributed by atoms with Crippen molar-refractivity contribution in [3.05, 3.63) is 33.1 Å². The first-order chi connectivity index (χ1) is 15.6. The SMILES string of the molecule is CC(C)(C)[Si](C)(C)OC[C@H]1O[C@@H](n2ccc(=O)[nH]c2=O)C(O[Si](C)(C)C(C)(C)C)C1OS(=O)(=O)O. The second kappa shape index (κ2) is 9.97. The van der Waals surface area contributed by atoms with Gasteiger partial charge in [-0.05, 0) is 36.3 Å². The molecule has 0 aromatic carbocycles. The van der Waals surface area contributed by atoms with Crippen LogP contribution in [0.3, 0.4) is 0 Å². The molecule has 0 bridgehead atoms. The van der Waals surface area contributed by atoms with Crippen molar-refractivity contribution in [2.75, 3.05) is 6.61 Å². The minimum atomic E-state index is -4.90. The second-order valence-electron chi connectivity index (χ2n) is 12.0. The van der Waals surface area contributed by atoms with Gasteiger partial charge in [0.1, 0.15) is 18.3 Å². The summed E-state index contributed by atoms with van der Waals surface area (Å²) in [5.74, 6) is 0. The van der Waals surface area contributed by atoms with E-state index in [9.17, 15) is 22.6 Å². The first-order valence-corrected chi connectivity index (χ1v) is 18.7. The van der Waals surface area contributed by atoms with Crippen LogP contribution in [0, 0.1) is 0 Å². The Labute approximate surface area is 209 Å². The second-order valence-corrected chi connectivity index (χ2v) is 22.6. The largest absolute Gasteiger partial charge is 0.414 e. The molecule has 1 fully saturated rings. The molecular formula is C21H40N2O9SSi2. The Kier molecular flexibility index (Phi) is 8.57. The standard InChI is InChI=1S/C21H40N2O9SSi2/c1-20(2,3)34(7,8)29-13-14-16(31-33(26,27)28)17(32-35(9,10)21(4,5)6)18(30-14)23-12-11-15(24)22-19(23)25/h11-12,14,16-18H,13H2,1-10H3,(H,22,24,25)(H,26,27,28)/t14-,16?,17?,18-/m1/s1. The number of hydrogen-bond donors (Lipinski definition) is 2. The zero-order valence-corrected chi connectivity index (χ0v) is 25.1. The highest BCUT2D eigenvalue weighted by molar-refractivity contribution is 7.80. The number of nitrogens with one attached hydrogen (secondary N) is 1. The van der Waals surface area contributed by atoms with Gasteiger partial charge in [-0.25, -0.2) is 8.98 Å². The van der Waals surface area contributed by atoms with Gasteiger partial charge in [0.2, 0.25) is 0 Å². The van der Waals surface area contributed by atoms with Crippen molar-refractivity contribution in [1.29, 1.82) is 0 Å². The van der Waals surface area contributed by atoms with E-state index in [-0.39, 0.29) is 16.7 Å². The highest BCUT2D eigenvalue weighted by atomic mass is 32.3. The van der Waals surface area contributed by atoms with Crippen molar-refractivity contribution in [1.82, 2.24) is 9.55 Å². The summed E-state index contributed by atoms with van der Waals surface area (Å²) in [5, 5.41) is -0.400. The van der Waals surface area contributed by atoms with Crippen LogP contribution in [0.25, 0.3) is 0 Å². The van der Waals surface area contributed by atoms with Crippen LogP contribution in [0.2, 0.25) is 36.3 Å². The van der Waals surface area contributed by atoms with E-state index in [1.54, 1.807) is 0 Å². The van der Waals surface area contributed by atoms with Gasteiger partial charge >= 0.3 is 16.1 Å². The van der Waals surface area contributed by atoms with Crippen molar-refractivity contribution < 1.29 is 30.7 Å². The molecule has 2 rings (SSSR count). The number of aromatic nitrogens is 2. The van der Waals surface area contributed by atoms with Crippen LogP contribution in [0.15, 0.2) is 21.9 Å². The Morgan fingerprint density at radius 1 is 1.03 bits per heavy atom. The third-order valence-corrected chi connectivity index (χ3v) is 16.7. The van der Waals surface area contributed by atoms with Gasteiger partial charge in [0.15, 0.2) is 22.9 Å². The lowest BCUT2D eigenvalue weighted by Crippen LogP contribution is -2.51. The molecule has 35 heavy (non-hydrogen) atoms. The molecule has 0 saturated carbocycles. The molecule has 2 N–H and O–H groups in total. The number of aromatic amines is 1. The lowest BCUT2D eigenvalue weighted by atomic mass is 10.1. The molecule has 1 aliphatic rings. The van der Waals surface area contributed by atoms with Gasteiger partial charge in [-0.1, -0.05) is 41.5 Å². The van der Waals surface area contributed by atoms with E-state index in [0.29, 0.717) is 0 Å². The van der Waals surface area contributed by atoms with Gasteiger partial charge in [0.25, 0.3) is 5.56 Å². The predicted molar refractivity (Wildman–Crippen MR) is 137 cm³/mol. The van der Waals surface area contributed by atoms with Crippen LogP contribution in [0.4, 0.5) is 0 Å². The monoisotopic (exact) mass is 552 g/mol. The van der Waals surface area contributed by atoms with E-state index in [0.717, 1.165) is 10.6 Å². The summed E-state index contributed by atoms with van der Waals surface area (Å²) in [5.41, 5.74) is -1.34. The Balaban J connectivity index is 2.58. The third kappa shape index (κ3) is 7.22. The molecule has 0 spiro atoms. The number of rotatable bonds is 8. The summed E-state index contributed by atoms with van der Waals surface area (Å²) in [7, 11) is -9.74. The van der Waals surface area contributed by atoms with Crippen molar-refractivity contribution in [2.24, 2.45) is 0 Å². The van der Waals surface area contributed by atoms with Crippen molar-refractivity contribution >= 4 is 27.0 Å². The van der Waals surface area contributed by atoms with E-state index >= 15 is 0 Å². The van der Waals surface area contributed by atoms with E-state index in [4.69, 9.17) is 17.8 Å².